The molecule has 9 heteroatoms. The number of ether oxygens (including phenoxy) is 2. The first-order chi connectivity index (χ1) is 18.9. The smallest absolute Gasteiger partial charge is 0.318 e. The quantitative estimate of drug-likeness (QED) is 0.538. The predicted octanol–water partition coefficient (Wildman–Crippen LogP) is 4.85. The van der Waals surface area contributed by atoms with Gasteiger partial charge in [0.2, 0.25) is 0 Å². The molecule has 0 saturated carbocycles. The lowest BCUT2D eigenvalue weighted by Crippen LogP contribution is -2.44. The van der Waals surface area contributed by atoms with Crippen LogP contribution in [0.4, 0.5) is 10.2 Å². The third kappa shape index (κ3) is 4.77. The van der Waals surface area contributed by atoms with E-state index in [4.69, 9.17) is 19.4 Å². The third-order valence-electron chi connectivity index (χ3n) is 9.81. The Labute approximate surface area is 238 Å². The first-order valence-electron chi connectivity index (χ1n) is 14.7. The Bertz CT molecular complexity index is 1250. The number of hydrogen-bond acceptors (Lipinski definition) is 7. The summed E-state index contributed by atoms with van der Waals surface area (Å²) in [5, 5.41) is 10.3. The Kier molecular flexibility index (Phi) is 6.85. The minimum atomic E-state index is -0.792. The predicted molar refractivity (Wildman–Crippen MR) is 150 cm³/mol. The second-order valence-electron chi connectivity index (χ2n) is 12.3. The van der Waals surface area contributed by atoms with Gasteiger partial charge in [-0.05, 0) is 81.2 Å². The number of aryl methyl sites for hydroxylation is 1. The van der Waals surface area contributed by atoms with Crippen molar-refractivity contribution >= 4 is 21.7 Å². The number of alkyl halides is 1. The molecule has 4 atom stereocenters. The van der Waals surface area contributed by atoms with Crippen LogP contribution in [0, 0.1) is 0 Å². The molecule has 210 valence electrons. The van der Waals surface area contributed by atoms with Gasteiger partial charge >= 0.3 is 6.01 Å². The SMILES string of the molecule is OC1CCCN(c2nc(OC[C@@]34CCCN3C[C@H](F)C4)nc3c2COC2(CCCc4ccc(Br)cc42)C3)CC1. The van der Waals surface area contributed by atoms with Gasteiger partial charge in [-0.3, -0.25) is 4.90 Å². The maximum atomic E-state index is 14.4. The average molecular weight is 602 g/mol. The molecule has 0 radical (unpaired) electrons. The molecule has 1 aliphatic carbocycles. The van der Waals surface area contributed by atoms with Gasteiger partial charge in [-0.2, -0.15) is 9.97 Å². The van der Waals surface area contributed by atoms with Gasteiger partial charge in [0, 0.05) is 42.5 Å². The van der Waals surface area contributed by atoms with Crippen LogP contribution >= 0.6 is 15.9 Å². The number of anilines is 1. The number of hydrogen-bond donors (Lipinski definition) is 1. The fraction of sp³-hybridized carbons (Fsp3) is 0.667. The monoisotopic (exact) mass is 600 g/mol. The standard InChI is InChI=1S/C30H38BrFN4O3/c31-21-7-6-20-4-1-10-30(25(20)14-21)16-26-24(18-39-30)27(35-11-2-5-23(37)8-13-35)34-28(33-26)38-19-29-9-3-12-36(29)17-22(32)15-29/h6-7,14,22-23,37H,1-5,8-13,15-19H2/t22-,23?,29+,30?/m1/s1. The van der Waals surface area contributed by atoms with E-state index < -0.39 is 11.8 Å². The van der Waals surface area contributed by atoms with E-state index in [1.165, 1.54) is 11.1 Å². The molecule has 7 rings (SSSR count). The van der Waals surface area contributed by atoms with Crippen LogP contribution in [0.15, 0.2) is 22.7 Å². The van der Waals surface area contributed by atoms with Crippen molar-refractivity contribution < 1.29 is 19.0 Å². The van der Waals surface area contributed by atoms with Crippen LogP contribution in [-0.2, 0) is 29.8 Å². The zero-order chi connectivity index (χ0) is 26.6. The molecule has 3 fully saturated rings. The number of aliphatic hydroxyl groups excluding tert-OH is 1. The Morgan fingerprint density at radius 1 is 1.13 bits per heavy atom. The summed E-state index contributed by atoms with van der Waals surface area (Å²) in [5.74, 6) is 0.875. The molecular formula is C30H38BrFN4O3. The maximum Gasteiger partial charge on any atom is 0.318 e. The Morgan fingerprint density at radius 2 is 2.05 bits per heavy atom. The lowest BCUT2D eigenvalue weighted by atomic mass is 9.75. The van der Waals surface area contributed by atoms with Crippen LogP contribution in [0.3, 0.4) is 0 Å². The molecule has 1 aromatic heterocycles. The van der Waals surface area contributed by atoms with Crippen molar-refractivity contribution in [3.8, 4) is 6.01 Å². The number of aromatic nitrogens is 2. The van der Waals surface area contributed by atoms with E-state index in [2.05, 4.69) is 43.9 Å². The highest BCUT2D eigenvalue weighted by atomic mass is 79.9. The lowest BCUT2D eigenvalue weighted by molar-refractivity contribution is -0.0856. The van der Waals surface area contributed by atoms with Crippen LogP contribution in [0.1, 0.15) is 73.8 Å². The molecule has 7 nitrogen and oxygen atoms in total. The van der Waals surface area contributed by atoms with Crippen molar-refractivity contribution in [1.82, 2.24) is 14.9 Å². The van der Waals surface area contributed by atoms with Crippen LogP contribution < -0.4 is 9.64 Å². The molecular weight excluding hydrogens is 563 g/mol. The molecule has 39 heavy (non-hydrogen) atoms. The van der Waals surface area contributed by atoms with Crippen molar-refractivity contribution in [3.05, 3.63) is 45.1 Å². The van der Waals surface area contributed by atoms with E-state index in [0.717, 1.165) is 92.5 Å². The average Bonchev–Trinajstić information content (AvgIpc) is 3.35. The fourth-order valence-corrected chi connectivity index (χ4v) is 8.17. The molecule has 5 aliphatic rings. The van der Waals surface area contributed by atoms with E-state index >= 15 is 0 Å². The Morgan fingerprint density at radius 3 is 2.97 bits per heavy atom. The van der Waals surface area contributed by atoms with Gasteiger partial charge in [-0.25, -0.2) is 4.39 Å². The van der Waals surface area contributed by atoms with Crippen LogP contribution in [0.5, 0.6) is 6.01 Å². The van der Waals surface area contributed by atoms with Crippen LogP contribution in [0.25, 0.3) is 0 Å². The Balaban J connectivity index is 1.24. The molecule has 3 saturated heterocycles. The molecule has 2 unspecified atom stereocenters. The molecule has 1 aromatic carbocycles. The summed E-state index contributed by atoms with van der Waals surface area (Å²) in [4.78, 5) is 14.6. The summed E-state index contributed by atoms with van der Waals surface area (Å²) in [7, 11) is 0. The lowest BCUT2D eigenvalue weighted by Gasteiger charge is -2.43. The minimum absolute atomic E-state index is 0.246. The van der Waals surface area contributed by atoms with E-state index in [1.807, 2.05) is 0 Å². The highest BCUT2D eigenvalue weighted by Gasteiger charge is 2.49. The van der Waals surface area contributed by atoms with Crippen molar-refractivity contribution in [1.29, 1.82) is 0 Å². The molecule has 1 spiro atoms. The molecule has 1 N–H and O–H groups in total. The molecule has 0 amide bonds. The highest BCUT2D eigenvalue weighted by molar-refractivity contribution is 9.10. The normalized spacial score (nSPS) is 32.5. The van der Waals surface area contributed by atoms with Gasteiger partial charge in [-0.1, -0.05) is 22.0 Å². The second-order valence-corrected chi connectivity index (χ2v) is 13.2. The summed E-state index contributed by atoms with van der Waals surface area (Å²) >= 11 is 3.68. The Hall–Kier alpha value is -1.81. The molecule has 2 aromatic rings. The van der Waals surface area contributed by atoms with Gasteiger partial charge in [0.15, 0.2) is 0 Å². The van der Waals surface area contributed by atoms with E-state index in [-0.39, 0.29) is 11.6 Å². The number of benzene rings is 1. The summed E-state index contributed by atoms with van der Waals surface area (Å²) in [6.45, 7) is 3.89. The molecule has 5 heterocycles. The van der Waals surface area contributed by atoms with Crippen molar-refractivity contribution in [2.24, 2.45) is 0 Å². The molecule has 4 aliphatic heterocycles. The van der Waals surface area contributed by atoms with Gasteiger partial charge in [0.1, 0.15) is 18.6 Å². The van der Waals surface area contributed by atoms with Crippen LogP contribution in [-0.4, -0.2) is 70.6 Å². The van der Waals surface area contributed by atoms with Gasteiger partial charge in [0.25, 0.3) is 0 Å². The first kappa shape index (κ1) is 26.1. The van der Waals surface area contributed by atoms with Gasteiger partial charge < -0.3 is 19.5 Å². The number of aliphatic hydroxyl groups is 1. The third-order valence-corrected chi connectivity index (χ3v) is 10.3. The van der Waals surface area contributed by atoms with E-state index in [9.17, 15) is 9.50 Å². The van der Waals surface area contributed by atoms with Crippen molar-refractivity contribution in [3.63, 3.8) is 0 Å². The number of halogens is 2. The summed E-state index contributed by atoms with van der Waals surface area (Å²) < 4.78 is 28.6. The zero-order valence-electron chi connectivity index (χ0n) is 22.5. The van der Waals surface area contributed by atoms with E-state index in [1.54, 1.807) is 0 Å². The van der Waals surface area contributed by atoms with Gasteiger partial charge in [-0.15, -0.1) is 0 Å². The number of nitrogens with zero attached hydrogens (tertiary/aromatic N) is 4. The summed E-state index contributed by atoms with van der Waals surface area (Å²) in [6.07, 6.45) is 7.72. The minimum Gasteiger partial charge on any atom is -0.461 e. The second kappa shape index (κ2) is 10.2. The van der Waals surface area contributed by atoms with Crippen LogP contribution in [0.2, 0.25) is 0 Å². The summed E-state index contributed by atoms with van der Waals surface area (Å²) in [6, 6.07) is 6.94. The largest absolute Gasteiger partial charge is 0.461 e. The number of fused-ring (bicyclic) bond motifs is 4. The fourth-order valence-electron chi connectivity index (χ4n) is 7.81. The first-order valence-corrected chi connectivity index (χ1v) is 15.5. The number of rotatable bonds is 4. The summed E-state index contributed by atoms with van der Waals surface area (Å²) in [5.41, 5.74) is 3.99. The van der Waals surface area contributed by atoms with Crippen molar-refractivity contribution in [2.75, 3.05) is 37.7 Å². The zero-order valence-corrected chi connectivity index (χ0v) is 24.1. The molecule has 0 bridgehead atoms. The van der Waals surface area contributed by atoms with Gasteiger partial charge in [0.05, 0.1) is 29.5 Å². The van der Waals surface area contributed by atoms with E-state index in [0.29, 0.717) is 38.6 Å². The maximum absolute atomic E-state index is 14.4. The highest BCUT2D eigenvalue weighted by Crippen LogP contribution is 2.47. The topological polar surface area (TPSA) is 71.0 Å². The van der Waals surface area contributed by atoms with Crippen molar-refractivity contribution in [2.45, 2.75) is 94.2 Å².